The summed E-state index contributed by atoms with van der Waals surface area (Å²) in [6.07, 6.45) is 3.95. The lowest BCUT2D eigenvalue weighted by atomic mass is 10.0. The van der Waals surface area contributed by atoms with Crippen LogP contribution in [-0.4, -0.2) is 26.3 Å². The Labute approximate surface area is 187 Å². The lowest BCUT2D eigenvalue weighted by Crippen LogP contribution is -2.24. The lowest BCUT2D eigenvalue weighted by molar-refractivity contribution is 0.0983. The quantitative estimate of drug-likeness (QED) is 0.461. The van der Waals surface area contributed by atoms with Gasteiger partial charge in [-0.3, -0.25) is 14.5 Å². The third-order valence-corrected chi connectivity index (χ3v) is 6.42. The molecule has 5 nitrogen and oxygen atoms in total. The van der Waals surface area contributed by atoms with Gasteiger partial charge in [0.25, 0.3) is 5.91 Å². The first-order valence-corrected chi connectivity index (χ1v) is 12.1. The Bertz CT molecular complexity index is 1240. The molecule has 7 heteroatoms. The number of rotatable bonds is 6. The van der Waals surface area contributed by atoms with Crippen molar-refractivity contribution < 1.29 is 9.00 Å². The van der Waals surface area contributed by atoms with E-state index in [2.05, 4.69) is 21.8 Å². The number of nitrogens with one attached hydrogen (secondary N) is 1. The molecule has 0 bridgehead atoms. The molecule has 4 aromatic rings. The molecular formula is C24H21N3O2S2. The van der Waals surface area contributed by atoms with Crippen LogP contribution in [-0.2, 0) is 17.4 Å². The van der Waals surface area contributed by atoms with Gasteiger partial charge in [0.2, 0.25) is 0 Å². The normalized spacial score (nSPS) is 11.8. The molecule has 31 heavy (non-hydrogen) atoms. The number of nitrogens with zero attached hydrogens (tertiary/aromatic N) is 2. The van der Waals surface area contributed by atoms with Crippen molar-refractivity contribution in [2.75, 3.05) is 6.26 Å². The second-order valence-electron chi connectivity index (χ2n) is 7.06. The zero-order valence-electron chi connectivity index (χ0n) is 17.2. The van der Waals surface area contributed by atoms with Crippen molar-refractivity contribution in [2.24, 2.45) is 0 Å². The molecule has 0 aliphatic heterocycles. The standard InChI is InChI=1S/C24H21N3O2S2/c1-16-23(30-22(26-16)15-21-8-3-4-13-25-21)20-7-5-6-19(14-20)17-9-11-18(12-10-17)24(28)27-31(2)29/h3-14H,15H2,1-2H3,(H,27,28). The number of thiazole rings is 1. The number of aryl methyl sites for hydroxylation is 1. The van der Waals surface area contributed by atoms with Crippen LogP contribution in [0.5, 0.6) is 0 Å². The van der Waals surface area contributed by atoms with Gasteiger partial charge in [-0.1, -0.05) is 36.4 Å². The van der Waals surface area contributed by atoms with Crippen molar-refractivity contribution in [1.29, 1.82) is 0 Å². The molecule has 0 fully saturated rings. The van der Waals surface area contributed by atoms with Crippen molar-refractivity contribution in [2.45, 2.75) is 13.3 Å². The number of hydrogen-bond donors (Lipinski definition) is 1. The summed E-state index contributed by atoms with van der Waals surface area (Å²) >= 11 is 1.69. The Morgan fingerprint density at radius 3 is 2.48 bits per heavy atom. The Hall–Kier alpha value is -3.16. The number of carbonyl (C=O) groups excluding carboxylic acids is 1. The summed E-state index contributed by atoms with van der Waals surface area (Å²) < 4.78 is 13.6. The Morgan fingerprint density at radius 1 is 1.00 bits per heavy atom. The first-order chi connectivity index (χ1) is 15.0. The van der Waals surface area contributed by atoms with Crippen LogP contribution in [0.1, 0.15) is 26.8 Å². The molecule has 0 radical (unpaired) electrons. The van der Waals surface area contributed by atoms with E-state index in [-0.39, 0.29) is 5.91 Å². The number of aromatic nitrogens is 2. The topological polar surface area (TPSA) is 72.0 Å². The monoisotopic (exact) mass is 447 g/mol. The molecule has 156 valence electrons. The van der Waals surface area contributed by atoms with Crippen LogP contribution in [0.2, 0.25) is 0 Å². The van der Waals surface area contributed by atoms with Crippen LogP contribution < -0.4 is 4.72 Å². The fourth-order valence-electron chi connectivity index (χ4n) is 3.30. The fraction of sp³-hybridized carbons (Fsp3) is 0.125. The van der Waals surface area contributed by atoms with Crippen molar-refractivity contribution in [3.63, 3.8) is 0 Å². The van der Waals surface area contributed by atoms with Crippen molar-refractivity contribution in [3.05, 3.63) is 94.9 Å². The van der Waals surface area contributed by atoms with Gasteiger partial charge in [-0.05, 0) is 53.9 Å². The van der Waals surface area contributed by atoms with E-state index in [0.717, 1.165) is 44.4 Å². The van der Waals surface area contributed by atoms with Crippen LogP contribution in [0.25, 0.3) is 21.6 Å². The summed E-state index contributed by atoms with van der Waals surface area (Å²) in [5.41, 5.74) is 5.67. The van der Waals surface area contributed by atoms with E-state index < -0.39 is 11.0 Å². The smallest absolute Gasteiger partial charge is 0.262 e. The zero-order valence-corrected chi connectivity index (χ0v) is 18.8. The number of benzene rings is 2. The van der Waals surface area contributed by atoms with Gasteiger partial charge >= 0.3 is 0 Å². The summed E-state index contributed by atoms with van der Waals surface area (Å²) in [6.45, 7) is 2.03. The number of hydrogen-bond acceptors (Lipinski definition) is 5. The van der Waals surface area contributed by atoms with E-state index in [1.807, 2.05) is 49.4 Å². The zero-order chi connectivity index (χ0) is 21.8. The van der Waals surface area contributed by atoms with E-state index in [4.69, 9.17) is 4.98 Å². The van der Waals surface area contributed by atoms with E-state index in [0.29, 0.717) is 5.56 Å². The Morgan fingerprint density at radius 2 is 1.77 bits per heavy atom. The molecule has 0 aliphatic rings. The summed E-state index contributed by atoms with van der Waals surface area (Å²) in [5, 5.41) is 1.04. The maximum Gasteiger partial charge on any atom is 0.262 e. The number of carbonyl (C=O) groups is 1. The summed E-state index contributed by atoms with van der Waals surface area (Å²) in [7, 11) is -1.38. The molecule has 2 heterocycles. The molecular weight excluding hydrogens is 426 g/mol. The molecule has 1 unspecified atom stereocenters. The fourth-order valence-corrected chi connectivity index (χ4v) is 4.75. The van der Waals surface area contributed by atoms with Crippen LogP contribution >= 0.6 is 11.3 Å². The van der Waals surface area contributed by atoms with Gasteiger partial charge in [-0.2, -0.15) is 0 Å². The maximum atomic E-state index is 12.0. The van der Waals surface area contributed by atoms with Crippen LogP contribution in [0.4, 0.5) is 0 Å². The van der Waals surface area contributed by atoms with Crippen LogP contribution in [0, 0.1) is 6.92 Å². The Balaban J connectivity index is 1.57. The van der Waals surface area contributed by atoms with Gasteiger partial charge in [0.05, 0.1) is 15.6 Å². The van der Waals surface area contributed by atoms with Gasteiger partial charge < -0.3 is 0 Å². The lowest BCUT2D eigenvalue weighted by Gasteiger charge is -2.07. The molecule has 0 saturated heterocycles. The third kappa shape index (κ3) is 5.13. The Kier molecular flexibility index (Phi) is 6.34. The van der Waals surface area contributed by atoms with Gasteiger partial charge in [0, 0.05) is 30.1 Å². The van der Waals surface area contributed by atoms with E-state index in [1.165, 1.54) is 6.26 Å². The molecule has 0 spiro atoms. The highest BCUT2D eigenvalue weighted by atomic mass is 32.2. The van der Waals surface area contributed by atoms with Gasteiger partial charge in [0.15, 0.2) is 0 Å². The highest BCUT2D eigenvalue weighted by Gasteiger charge is 2.12. The summed E-state index contributed by atoms with van der Waals surface area (Å²) in [5.74, 6) is -0.346. The predicted molar refractivity (Wildman–Crippen MR) is 126 cm³/mol. The molecule has 2 aromatic heterocycles. The molecule has 4 rings (SSSR count). The van der Waals surface area contributed by atoms with E-state index in [9.17, 15) is 9.00 Å². The predicted octanol–water partition coefficient (Wildman–Crippen LogP) is 4.79. The largest absolute Gasteiger partial charge is 0.271 e. The SMILES string of the molecule is Cc1nc(Cc2ccccn2)sc1-c1cccc(-c2ccc(C(=O)NS(C)=O)cc2)c1. The first kappa shape index (κ1) is 21.1. The minimum atomic E-state index is -1.38. The molecule has 0 saturated carbocycles. The van der Waals surface area contributed by atoms with Crippen molar-refractivity contribution in [3.8, 4) is 21.6 Å². The number of amides is 1. The highest BCUT2D eigenvalue weighted by molar-refractivity contribution is 7.82. The summed E-state index contributed by atoms with van der Waals surface area (Å²) in [4.78, 5) is 22.3. The average Bonchev–Trinajstić information content (AvgIpc) is 3.14. The molecule has 1 atom stereocenters. The minimum absolute atomic E-state index is 0.346. The third-order valence-electron chi connectivity index (χ3n) is 4.74. The maximum absolute atomic E-state index is 12.0. The van der Waals surface area contributed by atoms with Crippen molar-refractivity contribution >= 4 is 28.2 Å². The van der Waals surface area contributed by atoms with Crippen LogP contribution in [0.15, 0.2) is 72.9 Å². The second kappa shape index (κ2) is 9.32. The van der Waals surface area contributed by atoms with Gasteiger partial charge in [-0.25, -0.2) is 9.19 Å². The average molecular weight is 448 g/mol. The minimum Gasteiger partial charge on any atom is -0.271 e. The molecule has 1 amide bonds. The molecule has 2 aromatic carbocycles. The first-order valence-electron chi connectivity index (χ1n) is 9.71. The van der Waals surface area contributed by atoms with Gasteiger partial charge in [0.1, 0.15) is 11.0 Å². The van der Waals surface area contributed by atoms with Crippen LogP contribution in [0.3, 0.4) is 0 Å². The van der Waals surface area contributed by atoms with E-state index >= 15 is 0 Å². The summed E-state index contributed by atoms with van der Waals surface area (Å²) in [6, 6.07) is 21.5. The number of pyridine rings is 1. The van der Waals surface area contributed by atoms with E-state index in [1.54, 1.807) is 29.7 Å². The van der Waals surface area contributed by atoms with Gasteiger partial charge in [-0.15, -0.1) is 11.3 Å². The molecule has 0 aliphatic carbocycles. The highest BCUT2D eigenvalue weighted by Crippen LogP contribution is 2.33. The second-order valence-corrected chi connectivity index (χ2v) is 9.26. The van der Waals surface area contributed by atoms with Crippen molar-refractivity contribution in [1.82, 2.24) is 14.7 Å². The molecule has 1 N–H and O–H groups in total.